The highest BCUT2D eigenvalue weighted by Gasteiger charge is 2.10. The Kier molecular flexibility index (Phi) is 2.80. The van der Waals surface area contributed by atoms with Crippen molar-refractivity contribution in [3.8, 4) is 5.40 Å². The lowest BCUT2D eigenvalue weighted by Crippen LogP contribution is -2.12. The lowest BCUT2D eigenvalue weighted by Gasteiger charge is -2.05. The molecule has 78 valence electrons. The van der Waals surface area contributed by atoms with E-state index in [-0.39, 0.29) is 0 Å². The highest BCUT2D eigenvalue weighted by molar-refractivity contribution is 8.03. The molecule has 3 nitrogen and oxygen atoms in total. The average molecular weight is 228 g/mol. The molecule has 0 aromatic heterocycles. The third-order valence-corrected chi connectivity index (χ3v) is 2.92. The van der Waals surface area contributed by atoms with E-state index in [1.807, 2.05) is 35.7 Å². The molecule has 0 saturated heterocycles. The van der Waals surface area contributed by atoms with Crippen LogP contribution in [0, 0.1) is 10.7 Å². The maximum absolute atomic E-state index is 11.2. The third-order valence-electron chi connectivity index (χ3n) is 2.27. The predicted molar refractivity (Wildman–Crippen MR) is 63.9 cm³/mol. The van der Waals surface area contributed by atoms with Gasteiger partial charge in [-0.1, -0.05) is 24.3 Å². The van der Waals surface area contributed by atoms with E-state index in [2.05, 4.69) is 0 Å². The van der Waals surface area contributed by atoms with E-state index < -0.39 is 5.91 Å². The molecule has 2 N–H and O–H groups in total. The molecule has 16 heavy (non-hydrogen) atoms. The monoisotopic (exact) mass is 228 g/mol. The molecule has 2 aromatic rings. The Balaban J connectivity index is 2.71. The van der Waals surface area contributed by atoms with E-state index in [1.54, 1.807) is 6.07 Å². The number of fused-ring (bicyclic) bond motifs is 1. The second-order valence-electron chi connectivity index (χ2n) is 3.25. The van der Waals surface area contributed by atoms with Gasteiger partial charge in [-0.2, -0.15) is 5.26 Å². The largest absolute Gasteiger partial charge is 0.366 e. The zero-order valence-corrected chi connectivity index (χ0v) is 9.12. The Morgan fingerprint density at radius 3 is 2.44 bits per heavy atom. The number of carbonyl (C=O) groups is 1. The molecule has 4 heteroatoms. The molecule has 2 aromatic carbocycles. The molecule has 2 rings (SSSR count). The summed E-state index contributed by atoms with van der Waals surface area (Å²) in [6.07, 6.45) is 0. The van der Waals surface area contributed by atoms with Crippen molar-refractivity contribution in [3.05, 3.63) is 42.0 Å². The summed E-state index contributed by atoms with van der Waals surface area (Å²) in [7, 11) is 0. The minimum absolute atomic E-state index is 0.394. The van der Waals surface area contributed by atoms with Crippen molar-refractivity contribution >= 4 is 28.4 Å². The van der Waals surface area contributed by atoms with Crippen LogP contribution in [0.15, 0.2) is 41.3 Å². The molecular formula is C12H8N2OS. The van der Waals surface area contributed by atoms with Crippen LogP contribution in [0.4, 0.5) is 0 Å². The van der Waals surface area contributed by atoms with Crippen LogP contribution in [0.25, 0.3) is 10.8 Å². The van der Waals surface area contributed by atoms with E-state index in [0.717, 1.165) is 22.5 Å². The summed E-state index contributed by atoms with van der Waals surface area (Å²) in [5.41, 5.74) is 5.67. The number of thiocyanates is 1. The van der Waals surface area contributed by atoms with Crippen molar-refractivity contribution in [1.82, 2.24) is 0 Å². The van der Waals surface area contributed by atoms with Crippen LogP contribution in [0.1, 0.15) is 10.4 Å². The molecule has 0 spiro atoms. The molecular weight excluding hydrogens is 220 g/mol. The summed E-state index contributed by atoms with van der Waals surface area (Å²) in [4.78, 5) is 11.8. The number of amides is 1. The number of primary amides is 1. The topological polar surface area (TPSA) is 66.9 Å². The van der Waals surface area contributed by atoms with Gasteiger partial charge in [-0.25, -0.2) is 0 Å². The van der Waals surface area contributed by atoms with Crippen LogP contribution < -0.4 is 5.73 Å². The summed E-state index contributed by atoms with van der Waals surface area (Å²) in [6, 6.07) is 11.2. The summed E-state index contributed by atoms with van der Waals surface area (Å²) in [5, 5.41) is 12.5. The summed E-state index contributed by atoms with van der Waals surface area (Å²) in [6.45, 7) is 0. The maximum Gasteiger partial charge on any atom is 0.249 e. The van der Waals surface area contributed by atoms with E-state index in [0.29, 0.717) is 10.5 Å². The molecule has 1 amide bonds. The third kappa shape index (κ3) is 1.86. The molecule has 0 bridgehead atoms. The fourth-order valence-corrected chi connectivity index (χ4v) is 2.10. The van der Waals surface area contributed by atoms with Crippen molar-refractivity contribution in [2.75, 3.05) is 0 Å². The van der Waals surface area contributed by atoms with Crippen molar-refractivity contribution in [2.24, 2.45) is 5.73 Å². The molecule has 0 aliphatic heterocycles. The first-order chi connectivity index (χ1) is 7.72. The van der Waals surface area contributed by atoms with Crippen molar-refractivity contribution < 1.29 is 4.79 Å². The number of nitriles is 1. The second kappa shape index (κ2) is 4.25. The molecule has 0 aliphatic carbocycles. The lowest BCUT2D eigenvalue weighted by molar-refractivity contribution is 0.0997. The molecule has 0 saturated carbocycles. The Morgan fingerprint density at radius 1 is 1.25 bits per heavy atom. The van der Waals surface area contributed by atoms with Crippen LogP contribution in [-0.4, -0.2) is 5.91 Å². The molecule has 0 unspecified atom stereocenters. The number of carbonyl (C=O) groups excluding carboxylic acids is 1. The number of nitrogens with zero attached hydrogens (tertiary/aromatic N) is 1. The highest BCUT2D eigenvalue weighted by atomic mass is 32.2. The van der Waals surface area contributed by atoms with Crippen LogP contribution in [0.2, 0.25) is 0 Å². The van der Waals surface area contributed by atoms with Crippen LogP contribution in [0.3, 0.4) is 0 Å². The predicted octanol–water partition coefficient (Wildman–Crippen LogP) is 2.51. The first-order valence-electron chi connectivity index (χ1n) is 4.61. The summed E-state index contributed by atoms with van der Waals surface area (Å²) < 4.78 is 0. The second-order valence-corrected chi connectivity index (χ2v) is 4.08. The van der Waals surface area contributed by atoms with Crippen molar-refractivity contribution in [1.29, 1.82) is 5.26 Å². The average Bonchev–Trinajstić information content (AvgIpc) is 2.28. The fraction of sp³-hybridized carbons (Fsp3) is 0. The number of benzene rings is 2. The molecule has 0 heterocycles. The van der Waals surface area contributed by atoms with Crippen LogP contribution in [-0.2, 0) is 0 Å². The van der Waals surface area contributed by atoms with Gasteiger partial charge in [0, 0.05) is 4.90 Å². The first-order valence-corrected chi connectivity index (χ1v) is 5.42. The van der Waals surface area contributed by atoms with Gasteiger partial charge in [-0.3, -0.25) is 4.79 Å². The van der Waals surface area contributed by atoms with Crippen molar-refractivity contribution in [2.45, 2.75) is 4.90 Å². The first kappa shape index (κ1) is 10.5. The van der Waals surface area contributed by atoms with Crippen LogP contribution in [0.5, 0.6) is 0 Å². The summed E-state index contributed by atoms with van der Waals surface area (Å²) >= 11 is 0.950. The van der Waals surface area contributed by atoms with Gasteiger partial charge in [0.25, 0.3) is 0 Å². The van der Waals surface area contributed by atoms with E-state index >= 15 is 0 Å². The fourth-order valence-electron chi connectivity index (χ4n) is 1.55. The van der Waals surface area contributed by atoms with Gasteiger partial charge in [-0.05, 0) is 34.7 Å². The number of nitrogens with two attached hydrogens (primary N) is 1. The van der Waals surface area contributed by atoms with Gasteiger partial charge < -0.3 is 5.73 Å². The molecule has 0 aliphatic rings. The van der Waals surface area contributed by atoms with Gasteiger partial charge in [0.2, 0.25) is 5.91 Å². The van der Waals surface area contributed by atoms with E-state index in [9.17, 15) is 4.79 Å². The Hall–Kier alpha value is -1.99. The lowest BCUT2D eigenvalue weighted by atomic mass is 10.1. The Bertz CT molecular complexity index is 601. The van der Waals surface area contributed by atoms with E-state index in [4.69, 9.17) is 11.0 Å². The minimum Gasteiger partial charge on any atom is -0.366 e. The number of thioether (sulfide) groups is 1. The molecule has 0 radical (unpaired) electrons. The molecule has 0 atom stereocenters. The summed E-state index contributed by atoms with van der Waals surface area (Å²) in [5.74, 6) is -0.511. The minimum atomic E-state index is -0.511. The van der Waals surface area contributed by atoms with E-state index in [1.165, 1.54) is 0 Å². The van der Waals surface area contributed by atoms with Gasteiger partial charge in [0.15, 0.2) is 0 Å². The van der Waals surface area contributed by atoms with Crippen molar-refractivity contribution in [3.63, 3.8) is 0 Å². The normalized spacial score (nSPS) is 9.94. The highest BCUT2D eigenvalue weighted by Crippen LogP contribution is 2.27. The smallest absolute Gasteiger partial charge is 0.249 e. The molecule has 0 fully saturated rings. The van der Waals surface area contributed by atoms with Crippen LogP contribution >= 0.6 is 11.8 Å². The number of hydrogen-bond acceptors (Lipinski definition) is 3. The SMILES string of the molecule is N#CSc1cc2ccccc2cc1C(N)=O. The standard InChI is InChI=1S/C12H8N2OS/c13-7-16-11-6-9-4-2-1-3-8(9)5-10(11)12(14)15/h1-6H,(H2,14,15). The van der Waals surface area contributed by atoms with Gasteiger partial charge in [0.05, 0.1) is 5.56 Å². The van der Waals surface area contributed by atoms with Gasteiger partial charge >= 0.3 is 0 Å². The quantitative estimate of drug-likeness (QED) is 0.634. The zero-order valence-electron chi connectivity index (χ0n) is 8.31. The number of rotatable bonds is 2. The van der Waals surface area contributed by atoms with Gasteiger partial charge in [0.1, 0.15) is 5.40 Å². The number of hydrogen-bond donors (Lipinski definition) is 1. The van der Waals surface area contributed by atoms with Gasteiger partial charge in [-0.15, -0.1) is 0 Å². The Morgan fingerprint density at radius 2 is 1.88 bits per heavy atom. The maximum atomic E-state index is 11.2. The Labute approximate surface area is 96.9 Å². The zero-order chi connectivity index (χ0) is 11.5.